The number of rotatable bonds is 0. The van der Waals surface area contributed by atoms with Crippen molar-refractivity contribution in [3.63, 3.8) is 0 Å². The molecule has 2 aliphatic rings. The third-order valence-electron chi connectivity index (χ3n) is 4.89. The van der Waals surface area contributed by atoms with Gasteiger partial charge in [-0.3, -0.25) is 0 Å². The van der Waals surface area contributed by atoms with E-state index < -0.39 is 0 Å². The summed E-state index contributed by atoms with van der Waals surface area (Å²) in [4.78, 5) is 0. The minimum atomic E-state index is 1.16. The van der Waals surface area contributed by atoms with Crippen molar-refractivity contribution in [1.82, 2.24) is 0 Å². The number of fused-ring (bicyclic) bond motifs is 1. The second-order valence-corrected chi connectivity index (χ2v) is 6.17. The van der Waals surface area contributed by atoms with Crippen molar-refractivity contribution in [3.8, 4) is 0 Å². The molecule has 0 nitrogen and oxygen atoms in total. The maximum absolute atomic E-state index is 2.12. The molecule has 0 atom stereocenters. The average Bonchev–Trinajstić information content (AvgIpc) is 2.43. The molecule has 0 spiro atoms. The minimum Gasteiger partial charge on any atom is -0.0620 e. The summed E-state index contributed by atoms with van der Waals surface area (Å²) in [6.07, 6.45) is 12.4. The summed E-state index contributed by atoms with van der Waals surface area (Å²) < 4.78 is 0. The van der Waals surface area contributed by atoms with Gasteiger partial charge in [0.1, 0.15) is 0 Å². The Morgan fingerprint density at radius 3 is 1.28 bits per heavy atom. The Kier molecular flexibility index (Phi) is 5.28. The number of aryl methyl sites for hydroxylation is 2. The second kappa shape index (κ2) is 6.97. The quantitative estimate of drug-likeness (QED) is 0.551. The summed E-state index contributed by atoms with van der Waals surface area (Å²) in [5.41, 5.74) is 2.74. The molecular formula is C18H28. The molecule has 0 bridgehead atoms. The zero-order valence-electron chi connectivity index (χ0n) is 12.1. The third-order valence-corrected chi connectivity index (χ3v) is 4.89. The summed E-state index contributed by atoms with van der Waals surface area (Å²) in [5.74, 6) is 2.31. The Hall–Kier alpha value is -0.780. The highest BCUT2D eigenvalue weighted by Crippen LogP contribution is 2.39. The van der Waals surface area contributed by atoms with Crippen LogP contribution in [-0.2, 0) is 0 Å². The topological polar surface area (TPSA) is 0 Å². The van der Waals surface area contributed by atoms with Crippen molar-refractivity contribution >= 4 is 0 Å². The van der Waals surface area contributed by atoms with Gasteiger partial charge >= 0.3 is 0 Å². The fourth-order valence-corrected chi connectivity index (χ4v) is 3.52. The molecule has 0 saturated heterocycles. The molecule has 2 fully saturated rings. The van der Waals surface area contributed by atoms with E-state index in [0.717, 1.165) is 11.8 Å². The van der Waals surface area contributed by atoms with E-state index in [0.29, 0.717) is 0 Å². The first-order chi connectivity index (χ1) is 8.77. The predicted octanol–water partition coefficient (Wildman–Crippen LogP) is 5.67. The highest BCUT2D eigenvalue weighted by molar-refractivity contribution is 5.23. The molecule has 0 radical (unpaired) electrons. The lowest BCUT2D eigenvalue weighted by molar-refractivity contribution is 0.171. The van der Waals surface area contributed by atoms with E-state index >= 15 is 0 Å². The predicted molar refractivity (Wildman–Crippen MR) is 79.8 cm³/mol. The van der Waals surface area contributed by atoms with Crippen LogP contribution in [0.2, 0.25) is 0 Å². The van der Waals surface area contributed by atoms with E-state index in [2.05, 4.69) is 38.1 Å². The Morgan fingerprint density at radius 2 is 1.00 bits per heavy atom. The third kappa shape index (κ3) is 3.86. The molecule has 18 heavy (non-hydrogen) atoms. The number of hydrogen-bond acceptors (Lipinski definition) is 0. The van der Waals surface area contributed by atoms with Gasteiger partial charge in [-0.05, 0) is 36.8 Å². The molecule has 1 aromatic rings. The van der Waals surface area contributed by atoms with Crippen molar-refractivity contribution in [2.75, 3.05) is 0 Å². The van der Waals surface area contributed by atoms with Crippen LogP contribution in [0, 0.1) is 25.7 Å². The second-order valence-electron chi connectivity index (χ2n) is 6.17. The van der Waals surface area contributed by atoms with E-state index in [9.17, 15) is 0 Å². The maximum atomic E-state index is 2.12. The standard InChI is InChI=1S/C10H18.C8H10/c1-2-6-10-8-4-3-7-9(10)5-1;1-7-5-3-4-6-8(7)2/h9-10H,1-8H2;3-6H,1-2H3. The Morgan fingerprint density at radius 1 is 0.667 bits per heavy atom. The summed E-state index contributed by atoms with van der Waals surface area (Å²) in [5, 5.41) is 0. The van der Waals surface area contributed by atoms with Crippen LogP contribution < -0.4 is 0 Å². The van der Waals surface area contributed by atoms with E-state index in [1.165, 1.54) is 36.8 Å². The van der Waals surface area contributed by atoms with E-state index in [-0.39, 0.29) is 0 Å². The highest BCUT2D eigenvalue weighted by Gasteiger charge is 2.26. The molecule has 0 amide bonds. The van der Waals surface area contributed by atoms with Gasteiger partial charge in [0, 0.05) is 0 Å². The monoisotopic (exact) mass is 244 g/mol. The Labute approximate surface area is 113 Å². The summed E-state index contributed by atoms with van der Waals surface area (Å²) in [6.45, 7) is 4.24. The van der Waals surface area contributed by atoms with Crippen LogP contribution in [0.4, 0.5) is 0 Å². The zero-order valence-corrected chi connectivity index (χ0v) is 12.1. The molecule has 3 rings (SSSR count). The van der Waals surface area contributed by atoms with Crippen molar-refractivity contribution < 1.29 is 0 Å². The Balaban J connectivity index is 0.000000138. The summed E-state index contributed by atoms with van der Waals surface area (Å²) >= 11 is 0. The average molecular weight is 244 g/mol. The lowest BCUT2D eigenvalue weighted by Gasteiger charge is -2.35. The summed E-state index contributed by atoms with van der Waals surface area (Å²) in [7, 11) is 0. The molecule has 1 aromatic carbocycles. The van der Waals surface area contributed by atoms with E-state index in [4.69, 9.17) is 0 Å². The van der Waals surface area contributed by atoms with Gasteiger partial charge in [-0.15, -0.1) is 0 Å². The molecule has 0 unspecified atom stereocenters. The highest BCUT2D eigenvalue weighted by atomic mass is 14.3. The van der Waals surface area contributed by atoms with Gasteiger partial charge in [0.2, 0.25) is 0 Å². The van der Waals surface area contributed by atoms with Crippen molar-refractivity contribution in [2.45, 2.75) is 65.2 Å². The molecular weight excluding hydrogens is 216 g/mol. The minimum absolute atomic E-state index is 1.16. The van der Waals surface area contributed by atoms with Crippen molar-refractivity contribution in [1.29, 1.82) is 0 Å². The first-order valence-electron chi connectivity index (χ1n) is 7.79. The largest absolute Gasteiger partial charge is 0.0620 e. The maximum Gasteiger partial charge on any atom is -0.0386 e. The van der Waals surface area contributed by atoms with Crippen molar-refractivity contribution in [2.24, 2.45) is 11.8 Å². The first-order valence-corrected chi connectivity index (χ1v) is 7.79. The van der Waals surface area contributed by atoms with Crippen LogP contribution in [-0.4, -0.2) is 0 Å². The Bertz CT molecular complexity index is 306. The lowest BCUT2D eigenvalue weighted by atomic mass is 9.71. The van der Waals surface area contributed by atoms with Crippen LogP contribution in [0.25, 0.3) is 0 Å². The normalized spacial score (nSPS) is 26.8. The van der Waals surface area contributed by atoms with Gasteiger partial charge in [-0.25, -0.2) is 0 Å². The molecule has 2 saturated carbocycles. The molecule has 0 aromatic heterocycles. The van der Waals surface area contributed by atoms with Gasteiger partial charge in [0.15, 0.2) is 0 Å². The van der Waals surface area contributed by atoms with Gasteiger partial charge in [0.05, 0.1) is 0 Å². The molecule has 100 valence electrons. The molecule has 0 N–H and O–H groups in total. The molecule has 0 heterocycles. The summed E-state index contributed by atoms with van der Waals surface area (Å²) in [6, 6.07) is 8.36. The van der Waals surface area contributed by atoms with Crippen LogP contribution in [0.3, 0.4) is 0 Å². The van der Waals surface area contributed by atoms with Gasteiger partial charge in [0.25, 0.3) is 0 Å². The fraction of sp³-hybridized carbons (Fsp3) is 0.667. The lowest BCUT2D eigenvalue weighted by Crippen LogP contribution is -2.22. The fourth-order valence-electron chi connectivity index (χ4n) is 3.52. The molecule has 2 aliphatic carbocycles. The zero-order chi connectivity index (χ0) is 12.8. The van der Waals surface area contributed by atoms with Crippen LogP contribution in [0.5, 0.6) is 0 Å². The van der Waals surface area contributed by atoms with Crippen LogP contribution in [0.1, 0.15) is 62.5 Å². The van der Waals surface area contributed by atoms with Crippen LogP contribution in [0.15, 0.2) is 24.3 Å². The van der Waals surface area contributed by atoms with Gasteiger partial charge < -0.3 is 0 Å². The smallest absolute Gasteiger partial charge is 0.0386 e. The first kappa shape index (κ1) is 13.6. The SMILES string of the molecule is C1CCC2CCCCC2C1.Cc1ccccc1C. The van der Waals surface area contributed by atoms with Crippen molar-refractivity contribution in [3.05, 3.63) is 35.4 Å². The van der Waals surface area contributed by atoms with Gasteiger partial charge in [-0.2, -0.15) is 0 Å². The number of benzene rings is 1. The van der Waals surface area contributed by atoms with E-state index in [1.54, 1.807) is 25.7 Å². The number of hydrogen-bond donors (Lipinski definition) is 0. The van der Waals surface area contributed by atoms with E-state index in [1.807, 2.05) is 0 Å². The van der Waals surface area contributed by atoms with Crippen LogP contribution >= 0.6 is 0 Å². The van der Waals surface area contributed by atoms with Gasteiger partial charge in [-0.1, -0.05) is 75.6 Å². The molecule has 0 heteroatoms. The molecule has 0 aliphatic heterocycles.